The molecule has 1 fully saturated rings. The zero-order chi connectivity index (χ0) is 20.1. The number of rotatable bonds is 6. The highest BCUT2D eigenvalue weighted by Crippen LogP contribution is 2.26. The van der Waals surface area contributed by atoms with Crippen molar-refractivity contribution in [2.75, 3.05) is 25.1 Å². The van der Waals surface area contributed by atoms with Gasteiger partial charge in [0, 0.05) is 48.1 Å². The van der Waals surface area contributed by atoms with Gasteiger partial charge < -0.3 is 14.8 Å². The highest BCUT2D eigenvalue weighted by molar-refractivity contribution is 5.64. The lowest BCUT2D eigenvalue weighted by atomic mass is 10.0. The molecule has 0 atom stereocenters. The lowest BCUT2D eigenvalue weighted by molar-refractivity contribution is 0.0497. The Hall–Kier alpha value is -2.99. The van der Waals surface area contributed by atoms with Crippen molar-refractivity contribution >= 4 is 11.5 Å². The van der Waals surface area contributed by atoms with Crippen molar-refractivity contribution in [3.8, 4) is 17.1 Å². The molecule has 0 bridgehead atoms. The lowest BCUT2D eigenvalue weighted by Gasteiger charge is -2.22. The first kappa shape index (κ1) is 19.3. The number of nitrogens with one attached hydrogen (secondary N) is 1. The van der Waals surface area contributed by atoms with E-state index in [9.17, 15) is 0 Å². The second kappa shape index (κ2) is 9.01. The van der Waals surface area contributed by atoms with Gasteiger partial charge >= 0.3 is 0 Å². The van der Waals surface area contributed by atoms with Gasteiger partial charge in [-0.25, -0.2) is 9.97 Å². The third-order valence-electron chi connectivity index (χ3n) is 5.27. The minimum absolute atomic E-state index is 0.583. The number of nitrogens with zero attached hydrogens (tertiary/aromatic N) is 3. The van der Waals surface area contributed by atoms with Crippen LogP contribution in [-0.4, -0.2) is 34.8 Å². The second-order valence-electron chi connectivity index (χ2n) is 7.36. The van der Waals surface area contributed by atoms with Crippen molar-refractivity contribution in [2.24, 2.45) is 5.92 Å². The molecule has 3 aromatic rings. The summed E-state index contributed by atoms with van der Waals surface area (Å²) in [6.45, 7) is 6.46. The number of ether oxygens (including phenoxy) is 2. The van der Waals surface area contributed by atoms with Gasteiger partial charge in [-0.15, -0.1) is 0 Å². The smallest absolute Gasteiger partial charge is 0.161 e. The summed E-state index contributed by atoms with van der Waals surface area (Å²) >= 11 is 0. The number of hydrogen-bond acceptors (Lipinski definition) is 6. The van der Waals surface area contributed by atoms with Crippen molar-refractivity contribution in [3.05, 3.63) is 60.0 Å². The minimum atomic E-state index is 0.583. The molecular formula is C23H26N4O2. The van der Waals surface area contributed by atoms with Crippen LogP contribution < -0.4 is 10.1 Å². The summed E-state index contributed by atoms with van der Waals surface area (Å²) in [7, 11) is 0. The van der Waals surface area contributed by atoms with Gasteiger partial charge in [0.2, 0.25) is 0 Å². The molecule has 4 rings (SSSR count). The summed E-state index contributed by atoms with van der Waals surface area (Å²) < 4.78 is 11.4. The molecule has 0 spiro atoms. The van der Waals surface area contributed by atoms with Gasteiger partial charge in [0.05, 0.1) is 6.61 Å². The van der Waals surface area contributed by atoms with E-state index in [1.54, 1.807) is 12.4 Å². The summed E-state index contributed by atoms with van der Waals surface area (Å²) in [5.74, 6) is 2.96. The zero-order valence-electron chi connectivity index (χ0n) is 16.9. The number of anilines is 2. The van der Waals surface area contributed by atoms with Crippen LogP contribution in [0.1, 0.15) is 24.1 Å². The Balaban J connectivity index is 1.45. The first-order valence-electron chi connectivity index (χ1n) is 10.0. The topological polar surface area (TPSA) is 69.2 Å². The van der Waals surface area contributed by atoms with E-state index in [0.29, 0.717) is 11.7 Å². The Morgan fingerprint density at radius 2 is 1.72 bits per heavy atom. The van der Waals surface area contributed by atoms with Gasteiger partial charge in [-0.2, -0.15) is 0 Å². The summed E-state index contributed by atoms with van der Waals surface area (Å²) in [6, 6.07) is 11.9. The summed E-state index contributed by atoms with van der Waals surface area (Å²) in [4.78, 5) is 13.4. The number of aromatic nitrogens is 3. The quantitative estimate of drug-likeness (QED) is 0.658. The summed E-state index contributed by atoms with van der Waals surface area (Å²) in [6.07, 6.45) is 5.65. The summed E-state index contributed by atoms with van der Waals surface area (Å²) in [5, 5.41) is 3.42. The monoisotopic (exact) mass is 390 g/mol. The molecule has 6 heteroatoms. The maximum atomic E-state index is 5.96. The first-order valence-corrected chi connectivity index (χ1v) is 10.0. The molecule has 3 heterocycles. The average Bonchev–Trinajstić information content (AvgIpc) is 2.77. The van der Waals surface area contributed by atoms with Crippen LogP contribution in [0.15, 0.2) is 48.8 Å². The van der Waals surface area contributed by atoms with Crippen LogP contribution in [0, 0.1) is 19.8 Å². The lowest BCUT2D eigenvalue weighted by Crippen LogP contribution is -2.21. The summed E-state index contributed by atoms with van der Waals surface area (Å²) in [5.41, 5.74) is 3.89. The van der Waals surface area contributed by atoms with E-state index in [1.165, 1.54) is 0 Å². The molecule has 1 aromatic carbocycles. The molecule has 0 radical (unpaired) electrons. The van der Waals surface area contributed by atoms with Gasteiger partial charge in [-0.1, -0.05) is 0 Å². The van der Waals surface area contributed by atoms with Crippen molar-refractivity contribution in [2.45, 2.75) is 26.7 Å². The van der Waals surface area contributed by atoms with Crippen LogP contribution in [0.25, 0.3) is 11.4 Å². The van der Waals surface area contributed by atoms with Crippen molar-refractivity contribution in [1.29, 1.82) is 0 Å². The van der Waals surface area contributed by atoms with E-state index in [2.05, 4.69) is 15.3 Å². The van der Waals surface area contributed by atoms with Crippen LogP contribution in [0.3, 0.4) is 0 Å². The Bertz CT molecular complexity index is 939. The van der Waals surface area contributed by atoms with Crippen LogP contribution in [0.4, 0.5) is 11.5 Å². The van der Waals surface area contributed by atoms with Crippen LogP contribution in [0.2, 0.25) is 0 Å². The van der Waals surface area contributed by atoms with Crippen LogP contribution in [0.5, 0.6) is 5.75 Å². The fourth-order valence-corrected chi connectivity index (χ4v) is 3.28. The molecule has 6 nitrogen and oxygen atoms in total. The Kier molecular flexibility index (Phi) is 6.00. The van der Waals surface area contributed by atoms with E-state index >= 15 is 0 Å². The SMILES string of the molecule is Cc1nc(-c2ccncc2)nc(Nc2ccc(OCC3CCOCC3)cc2)c1C. The molecule has 1 aliphatic heterocycles. The normalized spacial score (nSPS) is 14.6. The Morgan fingerprint density at radius 1 is 1.00 bits per heavy atom. The van der Waals surface area contributed by atoms with Gasteiger partial charge in [0.15, 0.2) is 5.82 Å². The third-order valence-corrected chi connectivity index (χ3v) is 5.27. The van der Waals surface area contributed by atoms with E-state index in [0.717, 1.165) is 66.7 Å². The Morgan fingerprint density at radius 3 is 2.45 bits per heavy atom. The van der Waals surface area contributed by atoms with E-state index in [1.807, 2.05) is 50.2 Å². The highest BCUT2D eigenvalue weighted by atomic mass is 16.5. The molecule has 150 valence electrons. The molecular weight excluding hydrogens is 364 g/mol. The molecule has 29 heavy (non-hydrogen) atoms. The van der Waals surface area contributed by atoms with Crippen molar-refractivity contribution < 1.29 is 9.47 Å². The predicted molar refractivity (Wildman–Crippen MR) is 113 cm³/mol. The van der Waals surface area contributed by atoms with Gasteiger partial charge in [0.25, 0.3) is 0 Å². The van der Waals surface area contributed by atoms with E-state index < -0.39 is 0 Å². The number of benzene rings is 1. The number of hydrogen-bond donors (Lipinski definition) is 1. The maximum Gasteiger partial charge on any atom is 0.161 e. The van der Waals surface area contributed by atoms with Gasteiger partial charge in [0.1, 0.15) is 11.6 Å². The standard InChI is InChI=1S/C23H26N4O2/c1-16-17(2)25-23(19-7-11-24-12-8-19)27-22(16)26-20-3-5-21(6-4-20)29-15-18-9-13-28-14-10-18/h3-8,11-12,18H,9-10,13-15H2,1-2H3,(H,25,26,27). The molecule has 0 aliphatic carbocycles. The van der Waals surface area contributed by atoms with Crippen molar-refractivity contribution in [1.82, 2.24) is 15.0 Å². The predicted octanol–water partition coefficient (Wildman–Crippen LogP) is 4.70. The molecule has 0 unspecified atom stereocenters. The fraction of sp³-hybridized carbons (Fsp3) is 0.348. The number of aryl methyl sites for hydroxylation is 1. The molecule has 1 aliphatic rings. The molecule has 0 amide bonds. The first-order chi connectivity index (χ1) is 14.2. The Labute approximate surface area is 171 Å². The minimum Gasteiger partial charge on any atom is -0.493 e. The van der Waals surface area contributed by atoms with E-state index in [4.69, 9.17) is 14.5 Å². The van der Waals surface area contributed by atoms with Crippen LogP contribution in [-0.2, 0) is 4.74 Å². The molecule has 1 saturated heterocycles. The van der Waals surface area contributed by atoms with Crippen molar-refractivity contribution in [3.63, 3.8) is 0 Å². The molecule has 1 N–H and O–H groups in total. The molecule has 2 aromatic heterocycles. The third kappa shape index (κ3) is 4.90. The largest absolute Gasteiger partial charge is 0.493 e. The zero-order valence-corrected chi connectivity index (χ0v) is 16.9. The average molecular weight is 390 g/mol. The van der Waals surface area contributed by atoms with Gasteiger partial charge in [-0.3, -0.25) is 4.98 Å². The second-order valence-corrected chi connectivity index (χ2v) is 7.36. The highest BCUT2D eigenvalue weighted by Gasteiger charge is 2.14. The fourth-order valence-electron chi connectivity index (χ4n) is 3.28. The van der Waals surface area contributed by atoms with E-state index in [-0.39, 0.29) is 0 Å². The number of pyridine rings is 1. The van der Waals surface area contributed by atoms with Crippen LogP contribution >= 0.6 is 0 Å². The van der Waals surface area contributed by atoms with Gasteiger partial charge in [-0.05, 0) is 69.0 Å². The molecule has 0 saturated carbocycles. The maximum absolute atomic E-state index is 5.96.